The lowest BCUT2D eigenvalue weighted by Gasteiger charge is -2.46. The molecule has 20 heavy (non-hydrogen) atoms. The maximum absolute atomic E-state index is 10.4. The van der Waals surface area contributed by atoms with E-state index in [4.69, 9.17) is 4.74 Å². The molecule has 2 bridgehead atoms. The van der Waals surface area contributed by atoms with E-state index in [1.807, 2.05) is 25.1 Å². The fourth-order valence-electron chi connectivity index (χ4n) is 3.16. The normalized spacial score (nSPS) is 27.1. The summed E-state index contributed by atoms with van der Waals surface area (Å²) in [6, 6.07) is 6.01. The quantitative estimate of drug-likeness (QED) is 0.918. The van der Waals surface area contributed by atoms with Crippen LogP contribution in [0.2, 0.25) is 0 Å². The van der Waals surface area contributed by atoms with Crippen LogP contribution in [0.15, 0.2) is 28.4 Å². The Balaban J connectivity index is 1.96. The molecule has 0 spiro atoms. The number of nitrogens with zero attached hydrogens (tertiary/aromatic N) is 1. The number of piperidine rings is 3. The smallest absolute Gasteiger partial charge is 0.126 e. The monoisotopic (exact) mass is 337 g/mol. The van der Waals surface area contributed by atoms with E-state index in [-0.39, 0.29) is 6.10 Å². The van der Waals surface area contributed by atoms with E-state index in [1.54, 1.807) is 0 Å². The van der Waals surface area contributed by atoms with Crippen LogP contribution in [-0.4, -0.2) is 35.8 Å². The number of hydrogen-bond acceptors (Lipinski definition) is 3. The van der Waals surface area contributed by atoms with Gasteiger partial charge < -0.3 is 14.7 Å². The van der Waals surface area contributed by atoms with Gasteiger partial charge in [0.1, 0.15) is 5.75 Å². The molecule has 3 nitrogen and oxygen atoms in total. The van der Waals surface area contributed by atoms with Crippen molar-refractivity contribution in [3.05, 3.63) is 33.9 Å². The fraction of sp³-hybridized carbons (Fsp3) is 0.500. The molecule has 0 saturated carbocycles. The van der Waals surface area contributed by atoms with Gasteiger partial charge >= 0.3 is 0 Å². The van der Waals surface area contributed by atoms with Crippen molar-refractivity contribution in [1.82, 2.24) is 4.90 Å². The Morgan fingerprint density at radius 3 is 2.80 bits per heavy atom. The topological polar surface area (TPSA) is 32.7 Å². The van der Waals surface area contributed by atoms with Gasteiger partial charge in [-0.15, -0.1) is 0 Å². The summed E-state index contributed by atoms with van der Waals surface area (Å²) in [6.07, 6.45) is 3.97. The lowest BCUT2D eigenvalue weighted by molar-refractivity contribution is 0.0215. The van der Waals surface area contributed by atoms with Crippen LogP contribution in [0.1, 0.15) is 25.3 Å². The molecule has 1 atom stereocenters. The minimum Gasteiger partial charge on any atom is -0.493 e. The third-order valence-corrected chi connectivity index (χ3v) is 4.72. The molecule has 0 radical (unpaired) electrons. The maximum Gasteiger partial charge on any atom is 0.126 e. The molecule has 3 fully saturated rings. The van der Waals surface area contributed by atoms with Crippen LogP contribution >= 0.6 is 15.9 Å². The first kappa shape index (κ1) is 14.0. The molecule has 1 N–H and O–H groups in total. The molecular weight excluding hydrogens is 318 g/mol. The average Bonchev–Trinajstić information content (AvgIpc) is 2.46. The predicted octanol–water partition coefficient (Wildman–Crippen LogP) is 3.28. The Kier molecular flexibility index (Phi) is 4.03. The molecule has 3 saturated heterocycles. The van der Waals surface area contributed by atoms with E-state index < -0.39 is 0 Å². The highest BCUT2D eigenvalue weighted by Gasteiger charge is 2.36. The highest BCUT2D eigenvalue weighted by atomic mass is 79.9. The molecule has 0 unspecified atom stereocenters. The summed E-state index contributed by atoms with van der Waals surface area (Å²) in [5.74, 6) is 1.30. The molecule has 0 aliphatic carbocycles. The zero-order valence-corrected chi connectivity index (χ0v) is 13.3. The van der Waals surface area contributed by atoms with Gasteiger partial charge in [-0.05, 0) is 50.0 Å². The van der Waals surface area contributed by atoms with Crippen molar-refractivity contribution >= 4 is 22.0 Å². The van der Waals surface area contributed by atoms with Gasteiger partial charge in [-0.25, -0.2) is 0 Å². The molecule has 4 rings (SSSR count). The second-order valence-electron chi connectivity index (χ2n) is 5.45. The van der Waals surface area contributed by atoms with Crippen LogP contribution in [0.3, 0.4) is 0 Å². The van der Waals surface area contributed by atoms with Gasteiger partial charge in [-0.3, -0.25) is 0 Å². The summed E-state index contributed by atoms with van der Waals surface area (Å²) < 4.78 is 6.71. The standard InChI is InChI=1S/C16H20BrNO2/c1-2-20-15-4-3-13(17)9-12(15)10-14-16(19)11-5-7-18(14)8-6-11/h3-4,9-11,16,19H,2,5-8H2,1H3/b14-10-/t16-/m1/s1. The number of ether oxygens (including phenoxy) is 1. The summed E-state index contributed by atoms with van der Waals surface area (Å²) in [4.78, 5) is 2.31. The maximum atomic E-state index is 10.4. The van der Waals surface area contributed by atoms with Gasteiger partial charge in [0.05, 0.1) is 12.7 Å². The number of rotatable bonds is 3. The SMILES string of the molecule is CCOc1ccc(Br)cc1/C=C1/[C@H](O)C2CCN1CC2. The van der Waals surface area contributed by atoms with Gasteiger partial charge in [0.25, 0.3) is 0 Å². The minimum atomic E-state index is -0.328. The first-order chi connectivity index (χ1) is 9.69. The van der Waals surface area contributed by atoms with E-state index in [9.17, 15) is 5.11 Å². The molecule has 0 amide bonds. The van der Waals surface area contributed by atoms with Gasteiger partial charge in [0.2, 0.25) is 0 Å². The fourth-order valence-corrected chi connectivity index (χ4v) is 3.54. The third-order valence-electron chi connectivity index (χ3n) is 4.23. The third kappa shape index (κ3) is 2.59. The van der Waals surface area contributed by atoms with Crippen molar-refractivity contribution in [3.63, 3.8) is 0 Å². The minimum absolute atomic E-state index is 0.328. The van der Waals surface area contributed by atoms with E-state index in [1.165, 1.54) is 0 Å². The van der Waals surface area contributed by atoms with Crippen LogP contribution in [0.5, 0.6) is 5.75 Å². The summed E-state index contributed by atoms with van der Waals surface area (Å²) in [7, 11) is 0. The predicted molar refractivity (Wildman–Crippen MR) is 83.6 cm³/mol. The zero-order valence-electron chi connectivity index (χ0n) is 11.7. The van der Waals surface area contributed by atoms with Crippen LogP contribution in [-0.2, 0) is 0 Å². The first-order valence-corrected chi connectivity index (χ1v) is 8.05. The highest BCUT2D eigenvalue weighted by molar-refractivity contribution is 9.10. The zero-order chi connectivity index (χ0) is 14.1. The summed E-state index contributed by atoms with van der Waals surface area (Å²) in [6.45, 7) is 4.75. The van der Waals surface area contributed by atoms with Gasteiger partial charge in [-0.2, -0.15) is 0 Å². The van der Waals surface area contributed by atoms with Crippen LogP contribution in [0.4, 0.5) is 0 Å². The molecule has 4 heteroatoms. The van der Waals surface area contributed by atoms with Gasteiger partial charge in [0, 0.05) is 28.8 Å². The number of aliphatic hydroxyl groups is 1. The van der Waals surface area contributed by atoms with E-state index >= 15 is 0 Å². The Bertz CT molecular complexity index is 517. The molecular formula is C16H20BrNO2. The summed E-state index contributed by atoms with van der Waals surface area (Å²) >= 11 is 3.51. The first-order valence-electron chi connectivity index (χ1n) is 7.26. The number of fused-ring (bicyclic) bond motifs is 3. The molecule has 3 aliphatic heterocycles. The van der Waals surface area contributed by atoms with Crippen molar-refractivity contribution < 1.29 is 9.84 Å². The Morgan fingerprint density at radius 2 is 2.15 bits per heavy atom. The largest absolute Gasteiger partial charge is 0.493 e. The lowest BCUT2D eigenvalue weighted by Crippen LogP contribution is -2.48. The van der Waals surface area contributed by atoms with E-state index in [0.717, 1.165) is 47.4 Å². The van der Waals surface area contributed by atoms with E-state index in [0.29, 0.717) is 12.5 Å². The molecule has 0 aromatic heterocycles. The number of halogens is 1. The molecule has 108 valence electrons. The molecule has 3 aliphatic rings. The highest BCUT2D eigenvalue weighted by Crippen LogP contribution is 2.37. The van der Waals surface area contributed by atoms with E-state index in [2.05, 4.69) is 26.9 Å². The summed E-state index contributed by atoms with van der Waals surface area (Å²) in [5.41, 5.74) is 2.08. The second-order valence-corrected chi connectivity index (χ2v) is 6.37. The van der Waals surface area contributed by atoms with Crippen LogP contribution in [0.25, 0.3) is 6.08 Å². The Hall–Kier alpha value is -1.00. The Labute approximate surface area is 128 Å². The summed E-state index contributed by atoms with van der Waals surface area (Å²) in [5, 5.41) is 10.4. The average molecular weight is 338 g/mol. The van der Waals surface area contributed by atoms with Gasteiger partial charge in [-0.1, -0.05) is 15.9 Å². The van der Waals surface area contributed by atoms with Crippen molar-refractivity contribution in [2.24, 2.45) is 5.92 Å². The Morgan fingerprint density at radius 1 is 1.40 bits per heavy atom. The van der Waals surface area contributed by atoms with Crippen molar-refractivity contribution in [2.45, 2.75) is 25.9 Å². The number of aliphatic hydroxyl groups excluding tert-OH is 1. The molecule has 3 heterocycles. The number of benzene rings is 1. The van der Waals surface area contributed by atoms with Crippen LogP contribution in [0, 0.1) is 5.92 Å². The van der Waals surface area contributed by atoms with Gasteiger partial charge in [0.15, 0.2) is 0 Å². The molecule has 1 aromatic carbocycles. The number of hydrogen-bond donors (Lipinski definition) is 1. The van der Waals surface area contributed by atoms with Crippen LogP contribution < -0.4 is 4.74 Å². The molecule has 1 aromatic rings. The van der Waals surface area contributed by atoms with Crippen molar-refractivity contribution in [1.29, 1.82) is 0 Å². The van der Waals surface area contributed by atoms with Crippen molar-refractivity contribution in [2.75, 3.05) is 19.7 Å². The van der Waals surface area contributed by atoms with Crippen molar-refractivity contribution in [3.8, 4) is 5.75 Å². The lowest BCUT2D eigenvalue weighted by atomic mass is 9.83. The second kappa shape index (κ2) is 5.78.